The van der Waals surface area contributed by atoms with Gasteiger partial charge in [-0.25, -0.2) is 0 Å². The Hall–Kier alpha value is -3.72. The minimum Gasteiger partial charge on any atom is -0.493 e. The Morgan fingerprint density at radius 2 is 1.66 bits per heavy atom. The summed E-state index contributed by atoms with van der Waals surface area (Å²) in [6.07, 6.45) is 1.53. The zero-order valence-electron chi connectivity index (χ0n) is 15.3. The molecule has 0 radical (unpaired) electrons. The fraction of sp³-hybridized carbons (Fsp3) is 0.0500. The molecular formula is C20H16N2O6S. The van der Waals surface area contributed by atoms with E-state index in [0.29, 0.717) is 11.3 Å². The maximum Gasteiger partial charge on any atom is 0.339 e. The van der Waals surface area contributed by atoms with Crippen LogP contribution in [0.15, 0.2) is 82.7 Å². The van der Waals surface area contributed by atoms with Crippen LogP contribution in [0.2, 0.25) is 0 Å². The second-order valence-corrected chi connectivity index (χ2v) is 7.34. The number of hydrogen-bond donors (Lipinski definition) is 0. The van der Waals surface area contributed by atoms with E-state index in [9.17, 15) is 18.5 Å². The summed E-state index contributed by atoms with van der Waals surface area (Å²) in [6, 6.07) is 18.2. The summed E-state index contributed by atoms with van der Waals surface area (Å²) in [4.78, 5) is 14.5. The van der Waals surface area contributed by atoms with Gasteiger partial charge in [0.25, 0.3) is 5.69 Å². The van der Waals surface area contributed by atoms with Gasteiger partial charge in [0, 0.05) is 18.3 Å². The largest absolute Gasteiger partial charge is 0.493 e. The molecule has 3 aromatic carbocycles. The van der Waals surface area contributed by atoms with Crippen molar-refractivity contribution in [3.63, 3.8) is 0 Å². The third kappa shape index (κ3) is 4.96. The van der Waals surface area contributed by atoms with Crippen LogP contribution in [-0.2, 0) is 10.1 Å². The molecule has 0 saturated carbocycles. The predicted octanol–water partition coefficient (Wildman–Crippen LogP) is 4.12. The molecule has 9 heteroatoms. The van der Waals surface area contributed by atoms with Gasteiger partial charge in [0.05, 0.1) is 17.7 Å². The van der Waals surface area contributed by atoms with E-state index in [2.05, 4.69) is 4.99 Å². The molecule has 0 bridgehead atoms. The van der Waals surface area contributed by atoms with Crippen molar-refractivity contribution in [2.24, 2.45) is 4.99 Å². The SMILES string of the molecule is COc1cc(C=Nc2ccc([N+](=O)[O-])cc2)ccc1OS(=O)(=O)c1ccccc1. The number of nitro groups is 1. The zero-order valence-corrected chi connectivity index (χ0v) is 16.1. The Kier molecular flexibility index (Phi) is 5.89. The van der Waals surface area contributed by atoms with Gasteiger partial charge in [-0.05, 0) is 48.0 Å². The molecule has 0 unspecified atom stereocenters. The maximum absolute atomic E-state index is 12.4. The first kappa shape index (κ1) is 20.0. The van der Waals surface area contributed by atoms with Crippen LogP contribution < -0.4 is 8.92 Å². The normalized spacial score (nSPS) is 11.3. The summed E-state index contributed by atoms with van der Waals surface area (Å²) in [5.74, 6) is 0.265. The van der Waals surface area contributed by atoms with Gasteiger partial charge in [-0.15, -0.1) is 0 Å². The standard InChI is InChI=1S/C20H16N2O6S/c1-27-20-13-15(14-21-16-8-10-17(11-9-16)22(23)24)7-12-19(20)28-29(25,26)18-5-3-2-4-6-18/h2-14H,1H3. The minimum absolute atomic E-state index is 0.0215. The van der Waals surface area contributed by atoms with Crippen molar-refractivity contribution < 1.29 is 22.3 Å². The lowest BCUT2D eigenvalue weighted by Crippen LogP contribution is -2.10. The smallest absolute Gasteiger partial charge is 0.339 e. The second-order valence-electron chi connectivity index (χ2n) is 5.79. The predicted molar refractivity (Wildman–Crippen MR) is 108 cm³/mol. The number of hydrogen-bond acceptors (Lipinski definition) is 7. The maximum atomic E-state index is 12.4. The molecule has 29 heavy (non-hydrogen) atoms. The fourth-order valence-corrected chi connectivity index (χ4v) is 3.36. The van der Waals surface area contributed by atoms with Crippen molar-refractivity contribution in [2.75, 3.05) is 7.11 Å². The van der Waals surface area contributed by atoms with Crippen LogP contribution in [0.4, 0.5) is 11.4 Å². The quantitative estimate of drug-likeness (QED) is 0.250. The minimum atomic E-state index is -3.99. The first-order chi connectivity index (χ1) is 13.9. The molecule has 3 aromatic rings. The van der Waals surface area contributed by atoms with Crippen molar-refractivity contribution in [1.29, 1.82) is 0 Å². The number of aliphatic imine (C=N–C) groups is 1. The third-order valence-electron chi connectivity index (χ3n) is 3.84. The van der Waals surface area contributed by atoms with Crippen molar-refractivity contribution in [3.05, 3.63) is 88.5 Å². The molecule has 0 aromatic heterocycles. The number of nitrogens with zero attached hydrogens (tertiary/aromatic N) is 2. The lowest BCUT2D eigenvalue weighted by molar-refractivity contribution is -0.384. The number of ether oxygens (including phenoxy) is 1. The number of non-ortho nitro benzene ring substituents is 1. The average Bonchev–Trinajstić information content (AvgIpc) is 2.73. The van der Waals surface area contributed by atoms with Crippen LogP contribution in [0.25, 0.3) is 0 Å². The molecular weight excluding hydrogens is 396 g/mol. The average molecular weight is 412 g/mol. The lowest BCUT2D eigenvalue weighted by Gasteiger charge is -2.11. The van der Waals surface area contributed by atoms with Gasteiger partial charge in [-0.2, -0.15) is 8.42 Å². The van der Waals surface area contributed by atoms with Crippen molar-refractivity contribution in [3.8, 4) is 11.5 Å². The summed E-state index contributed by atoms with van der Waals surface area (Å²) in [7, 11) is -2.60. The molecule has 0 aliphatic rings. The molecule has 0 spiro atoms. The van der Waals surface area contributed by atoms with Crippen molar-refractivity contribution >= 4 is 27.7 Å². The Balaban J connectivity index is 1.80. The van der Waals surface area contributed by atoms with Gasteiger partial charge in [-0.1, -0.05) is 18.2 Å². The van der Waals surface area contributed by atoms with Crippen LogP contribution in [0.1, 0.15) is 5.56 Å². The van der Waals surface area contributed by atoms with Gasteiger partial charge in [0.1, 0.15) is 4.90 Å². The van der Waals surface area contributed by atoms with E-state index >= 15 is 0 Å². The highest BCUT2D eigenvalue weighted by molar-refractivity contribution is 7.87. The van der Waals surface area contributed by atoms with E-state index in [-0.39, 0.29) is 22.1 Å². The Morgan fingerprint density at radius 3 is 2.28 bits per heavy atom. The van der Waals surface area contributed by atoms with E-state index in [0.717, 1.165) is 0 Å². The van der Waals surface area contributed by atoms with Crippen LogP contribution in [0.3, 0.4) is 0 Å². The van der Waals surface area contributed by atoms with Crippen LogP contribution in [0, 0.1) is 10.1 Å². The van der Waals surface area contributed by atoms with Gasteiger partial charge in [0.15, 0.2) is 11.5 Å². The Morgan fingerprint density at radius 1 is 0.966 bits per heavy atom. The van der Waals surface area contributed by atoms with Crippen molar-refractivity contribution in [1.82, 2.24) is 0 Å². The fourth-order valence-electron chi connectivity index (χ4n) is 2.40. The van der Waals surface area contributed by atoms with E-state index in [1.807, 2.05) is 0 Å². The molecule has 0 fully saturated rings. The van der Waals surface area contributed by atoms with Gasteiger partial charge < -0.3 is 8.92 Å². The Bertz CT molecular complexity index is 1140. The van der Waals surface area contributed by atoms with Crippen LogP contribution in [-0.4, -0.2) is 26.7 Å². The highest BCUT2D eigenvalue weighted by atomic mass is 32.2. The number of nitro benzene ring substituents is 1. The van der Waals surface area contributed by atoms with E-state index in [4.69, 9.17) is 8.92 Å². The molecule has 0 amide bonds. The molecule has 3 rings (SSSR count). The highest BCUT2D eigenvalue weighted by Crippen LogP contribution is 2.30. The molecule has 8 nitrogen and oxygen atoms in total. The summed E-state index contributed by atoms with van der Waals surface area (Å²) in [5.41, 5.74) is 1.14. The van der Waals surface area contributed by atoms with E-state index < -0.39 is 15.0 Å². The topological polar surface area (TPSA) is 108 Å². The van der Waals surface area contributed by atoms with Gasteiger partial charge in [-0.3, -0.25) is 15.1 Å². The second kappa shape index (κ2) is 8.53. The van der Waals surface area contributed by atoms with E-state index in [1.165, 1.54) is 55.8 Å². The van der Waals surface area contributed by atoms with E-state index in [1.54, 1.807) is 30.3 Å². The van der Waals surface area contributed by atoms with Crippen molar-refractivity contribution in [2.45, 2.75) is 4.90 Å². The van der Waals surface area contributed by atoms with Crippen LogP contribution >= 0.6 is 0 Å². The number of rotatable bonds is 7. The molecule has 0 N–H and O–H groups in total. The summed E-state index contributed by atoms with van der Waals surface area (Å²) < 4.78 is 35.2. The molecule has 0 saturated heterocycles. The monoisotopic (exact) mass is 412 g/mol. The molecule has 0 aliphatic carbocycles. The summed E-state index contributed by atoms with van der Waals surface area (Å²) >= 11 is 0. The molecule has 0 aliphatic heterocycles. The molecule has 0 atom stereocenters. The first-order valence-corrected chi connectivity index (χ1v) is 9.76. The lowest BCUT2D eigenvalue weighted by atomic mass is 10.2. The van der Waals surface area contributed by atoms with Gasteiger partial charge in [0.2, 0.25) is 0 Å². The molecule has 148 valence electrons. The summed E-state index contributed by atoms with van der Waals surface area (Å²) in [6.45, 7) is 0. The third-order valence-corrected chi connectivity index (χ3v) is 5.09. The molecule has 0 heterocycles. The first-order valence-electron chi connectivity index (χ1n) is 8.35. The summed E-state index contributed by atoms with van der Waals surface area (Å²) in [5, 5.41) is 10.7. The number of benzene rings is 3. The zero-order chi connectivity index (χ0) is 20.9. The Labute approximate surface area is 167 Å². The van der Waals surface area contributed by atoms with Gasteiger partial charge >= 0.3 is 10.1 Å². The van der Waals surface area contributed by atoms with Crippen LogP contribution in [0.5, 0.6) is 11.5 Å². The number of methoxy groups -OCH3 is 1. The highest BCUT2D eigenvalue weighted by Gasteiger charge is 2.18.